The molecule has 0 spiro atoms. The van der Waals surface area contributed by atoms with E-state index in [9.17, 15) is 0 Å². The zero-order chi connectivity index (χ0) is 10.7. The monoisotopic (exact) mass is 211 g/mol. The van der Waals surface area contributed by atoms with Crippen LogP contribution >= 0.6 is 11.6 Å². The molecule has 0 amide bonds. The third-order valence-corrected chi connectivity index (χ3v) is 2.81. The number of rotatable bonds is 3. The zero-order valence-electron chi connectivity index (χ0n) is 9.39. The van der Waals surface area contributed by atoms with Crippen LogP contribution in [0.1, 0.15) is 16.7 Å². The van der Waals surface area contributed by atoms with Gasteiger partial charge in [-0.1, -0.05) is 6.07 Å². The number of benzene rings is 1. The fourth-order valence-electron chi connectivity index (χ4n) is 1.60. The van der Waals surface area contributed by atoms with Gasteiger partial charge in [0, 0.05) is 25.2 Å². The molecule has 0 radical (unpaired) electrons. The molecular formula is C12H18ClN. The first-order valence-electron chi connectivity index (χ1n) is 4.91. The Hall–Kier alpha value is -0.690. The van der Waals surface area contributed by atoms with Crippen molar-refractivity contribution >= 4 is 17.3 Å². The van der Waals surface area contributed by atoms with E-state index in [1.54, 1.807) is 0 Å². The van der Waals surface area contributed by atoms with Gasteiger partial charge in [-0.3, -0.25) is 0 Å². The third kappa shape index (κ3) is 2.42. The molecule has 14 heavy (non-hydrogen) atoms. The molecule has 0 aliphatic heterocycles. The smallest absolute Gasteiger partial charge is 0.0399 e. The van der Waals surface area contributed by atoms with E-state index in [-0.39, 0.29) is 0 Å². The Kier molecular flexibility index (Phi) is 3.82. The lowest BCUT2D eigenvalue weighted by Crippen LogP contribution is -2.20. The minimum Gasteiger partial charge on any atom is -0.373 e. The lowest BCUT2D eigenvalue weighted by molar-refractivity contribution is 0.963. The molecular weight excluding hydrogens is 194 g/mol. The quantitative estimate of drug-likeness (QED) is 0.694. The van der Waals surface area contributed by atoms with Crippen LogP contribution in [0.15, 0.2) is 12.1 Å². The number of hydrogen-bond acceptors (Lipinski definition) is 1. The van der Waals surface area contributed by atoms with Crippen molar-refractivity contribution in [2.45, 2.75) is 20.8 Å². The van der Waals surface area contributed by atoms with E-state index in [0.717, 1.165) is 6.54 Å². The van der Waals surface area contributed by atoms with Crippen LogP contribution < -0.4 is 4.90 Å². The van der Waals surface area contributed by atoms with Crippen molar-refractivity contribution in [3.63, 3.8) is 0 Å². The summed E-state index contributed by atoms with van der Waals surface area (Å²) in [6, 6.07) is 4.46. The fraction of sp³-hybridized carbons (Fsp3) is 0.500. The molecule has 1 rings (SSSR count). The molecule has 1 nitrogen and oxygen atoms in total. The van der Waals surface area contributed by atoms with Crippen molar-refractivity contribution in [1.82, 2.24) is 0 Å². The fourth-order valence-corrected chi connectivity index (χ4v) is 1.86. The van der Waals surface area contributed by atoms with Crippen molar-refractivity contribution in [3.05, 3.63) is 28.8 Å². The van der Waals surface area contributed by atoms with Crippen molar-refractivity contribution in [1.29, 1.82) is 0 Å². The van der Waals surface area contributed by atoms with E-state index in [2.05, 4.69) is 44.9 Å². The maximum atomic E-state index is 5.73. The number of aryl methyl sites for hydroxylation is 3. The predicted octanol–water partition coefficient (Wildman–Crippen LogP) is 3.29. The summed E-state index contributed by atoms with van der Waals surface area (Å²) in [6.07, 6.45) is 0. The third-order valence-electron chi connectivity index (χ3n) is 2.64. The molecule has 0 bridgehead atoms. The number of halogens is 1. The van der Waals surface area contributed by atoms with Crippen LogP contribution in [0.5, 0.6) is 0 Å². The number of nitrogens with zero attached hydrogens (tertiary/aromatic N) is 1. The van der Waals surface area contributed by atoms with Gasteiger partial charge in [-0.15, -0.1) is 11.6 Å². The summed E-state index contributed by atoms with van der Waals surface area (Å²) in [4.78, 5) is 2.20. The summed E-state index contributed by atoms with van der Waals surface area (Å²) in [5, 5.41) is 0. The second-order valence-electron chi connectivity index (χ2n) is 3.83. The molecule has 0 heterocycles. The summed E-state index contributed by atoms with van der Waals surface area (Å²) in [5.74, 6) is 0.670. The van der Waals surface area contributed by atoms with Gasteiger partial charge in [0.15, 0.2) is 0 Å². The van der Waals surface area contributed by atoms with E-state index in [1.807, 2.05) is 0 Å². The normalized spacial score (nSPS) is 10.4. The molecule has 0 aliphatic rings. The second kappa shape index (κ2) is 4.70. The lowest BCUT2D eigenvalue weighted by atomic mass is 10.0. The molecule has 0 N–H and O–H groups in total. The molecule has 1 aromatic carbocycles. The van der Waals surface area contributed by atoms with Crippen LogP contribution in [-0.4, -0.2) is 19.5 Å². The van der Waals surface area contributed by atoms with E-state index in [4.69, 9.17) is 11.6 Å². The summed E-state index contributed by atoms with van der Waals surface area (Å²) in [5.41, 5.74) is 5.30. The molecule has 0 aromatic heterocycles. The highest BCUT2D eigenvalue weighted by atomic mass is 35.5. The Morgan fingerprint density at radius 1 is 1.07 bits per heavy atom. The Morgan fingerprint density at radius 3 is 2.21 bits per heavy atom. The first-order valence-corrected chi connectivity index (χ1v) is 5.44. The van der Waals surface area contributed by atoms with Gasteiger partial charge >= 0.3 is 0 Å². The van der Waals surface area contributed by atoms with Crippen molar-refractivity contribution in [2.75, 3.05) is 24.4 Å². The molecule has 0 atom stereocenters. The van der Waals surface area contributed by atoms with E-state index in [0.29, 0.717) is 5.88 Å². The maximum Gasteiger partial charge on any atom is 0.0399 e. The second-order valence-corrected chi connectivity index (χ2v) is 4.21. The van der Waals surface area contributed by atoms with Crippen LogP contribution in [0.25, 0.3) is 0 Å². The standard InChI is InChI=1S/C12H18ClN/c1-9-7-11(3)12(8-10(9)2)14(4)6-5-13/h7-8H,5-6H2,1-4H3. The topological polar surface area (TPSA) is 3.24 Å². The summed E-state index contributed by atoms with van der Waals surface area (Å²) >= 11 is 5.73. The van der Waals surface area contributed by atoms with E-state index >= 15 is 0 Å². The Labute approximate surface area is 91.7 Å². The van der Waals surface area contributed by atoms with Crippen LogP contribution in [0, 0.1) is 20.8 Å². The lowest BCUT2D eigenvalue weighted by Gasteiger charge is -2.21. The highest BCUT2D eigenvalue weighted by Gasteiger charge is 2.05. The van der Waals surface area contributed by atoms with Crippen LogP contribution in [-0.2, 0) is 0 Å². The molecule has 0 unspecified atom stereocenters. The Balaban J connectivity index is 3.02. The highest BCUT2D eigenvalue weighted by Crippen LogP contribution is 2.22. The van der Waals surface area contributed by atoms with Gasteiger partial charge in [0.25, 0.3) is 0 Å². The molecule has 0 fully saturated rings. The maximum absolute atomic E-state index is 5.73. The minimum absolute atomic E-state index is 0.670. The van der Waals surface area contributed by atoms with E-state index < -0.39 is 0 Å². The predicted molar refractivity (Wildman–Crippen MR) is 64.6 cm³/mol. The first-order chi connectivity index (χ1) is 6.56. The van der Waals surface area contributed by atoms with Gasteiger partial charge in [0.1, 0.15) is 0 Å². The minimum atomic E-state index is 0.670. The molecule has 78 valence electrons. The van der Waals surface area contributed by atoms with Gasteiger partial charge in [-0.2, -0.15) is 0 Å². The summed E-state index contributed by atoms with van der Waals surface area (Å²) < 4.78 is 0. The average Bonchev–Trinajstić information content (AvgIpc) is 2.11. The van der Waals surface area contributed by atoms with Gasteiger partial charge < -0.3 is 4.90 Å². The summed E-state index contributed by atoms with van der Waals surface area (Å²) in [7, 11) is 2.08. The Bertz CT molecular complexity index is 320. The van der Waals surface area contributed by atoms with Gasteiger partial charge in [-0.05, 0) is 43.5 Å². The number of alkyl halides is 1. The summed E-state index contributed by atoms with van der Waals surface area (Å²) in [6.45, 7) is 7.33. The molecule has 0 saturated carbocycles. The van der Waals surface area contributed by atoms with E-state index in [1.165, 1.54) is 22.4 Å². The first kappa shape index (κ1) is 11.4. The molecule has 1 aromatic rings. The van der Waals surface area contributed by atoms with Crippen molar-refractivity contribution < 1.29 is 0 Å². The van der Waals surface area contributed by atoms with Gasteiger partial charge in [0.2, 0.25) is 0 Å². The van der Waals surface area contributed by atoms with Crippen LogP contribution in [0.2, 0.25) is 0 Å². The van der Waals surface area contributed by atoms with Crippen LogP contribution in [0.3, 0.4) is 0 Å². The zero-order valence-corrected chi connectivity index (χ0v) is 10.2. The number of anilines is 1. The number of hydrogen-bond donors (Lipinski definition) is 0. The van der Waals surface area contributed by atoms with Gasteiger partial charge in [-0.25, -0.2) is 0 Å². The van der Waals surface area contributed by atoms with Crippen LogP contribution in [0.4, 0.5) is 5.69 Å². The molecule has 0 aliphatic carbocycles. The van der Waals surface area contributed by atoms with Crippen molar-refractivity contribution in [2.24, 2.45) is 0 Å². The molecule has 0 saturated heterocycles. The van der Waals surface area contributed by atoms with Crippen molar-refractivity contribution in [3.8, 4) is 0 Å². The highest BCUT2D eigenvalue weighted by molar-refractivity contribution is 6.18. The Morgan fingerprint density at radius 2 is 1.64 bits per heavy atom. The average molecular weight is 212 g/mol. The largest absolute Gasteiger partial charge is 0.373 e. The molecule has 2 heteroatoms. The van der Waals surface area contributed by atoms with Gasteiger partial charge in [0.05, 0.1) is 0 Å². The SMILES string of the molecule is Cc1cc(C)c(N(C)CCCl)cc1C.